The number of aliphatic imine (C=N–C) groups is 1. The van der Waals surface area contributed by atoms with Crippen LogP contribution in [0.2, 0.25) is 0 Å². The minimum atomic E-state index is 0. The van der Waals surface area contributed by atoms with Gasteiger partial charge in [-0.3, -0.25) is 4.99 Å². The highest BCUT2D eigenvalue weighted by Gasteiger charge is 2.37. The third-order valence-electron chi connectivity index (χ3n) is 6.62. The lowest BCUT2D eigenvalue weighted by atomic mass is 9.67. The Balaban J connectivity index is 0.00000280. The van der Waals surface area contributed by atoms with Crippen LogP contribution in [0, 0.1) is 5.41 Å². The number of likely N-dealkylation sites (tertiary alicyclic amines) is 1. The fraction of sp³-hybridized carbons (Fsp3) is 0.952. The van der Waals surface area contributed by atoms with Crippen LogP contribution in [0.4, 0.5) is 0 Å². The minimum Gasteiger partial charge on any atom is -0.385 e. The van der Waals surface area contributed by atoms with Crippen molar-refractivity contribution in [2.45, 2.75) is 70.0 Å². The molecule has 0 bridgehead atoms. The van der Waals surface area contributed by atoms with E-state index in [0.717, 1.165) is 71.1 Å². The highest BCUT2D eigenvalue weighted by molar-refractivity contribution is 14.0. The highest BCUT2D eigenvalue weighted by Crippen LogP contribution is 2.43. The van der Waals surface area contributed by atoms with Crippen LogP contribution >= 0.6 is 24.0 Å². The molecule has 0 radical (unpaired) electrons. The molecule has 3 rings (SSSR count). The fourth-order valence-electron chi connectivity index (χ4n) is 4.53. The molecule has 0 aromatic heterocycles. The zero-order chi connectivity index (χ0) is 19.0. The summed E-state index contributed by atoms with van der Waals surface area (Å²) in [5, 5.41) is 3.65. The van der Waals surface area contributed by atoms with E-state index in [1.54, 1.807) is 7.11 Å². The summed E-state index contributed by atoms with van der Waals surface area (Å²) in [5.74, 6) is 1.05. The van der Waals surface area contributed by atoms with Crippen LogP contribution in [0.3, 0.4) is 0 Å². The van der Waals surface area contributed by atoms with Crippen molar-refractivity contribution in [3.63, 3.8) is 0 Å². The molecule has 1 atom stereocenters. The van der Waals surface area contributed by atoms with Crippen LogP contribution < -0.4 is 5.32 Å². The molecule has 2 heterocycles. The van der Waals surface area contributed by atoms with Crippen LogP contribution in [0.5, 0.6) is 0 Å². The van der Waals surface area contributed by atoms with Crippen molar-refractivity contribution >= 4 is 29.9 Å². The second-order valence-corrected chi connectivity index (χ2v) is 8.51. The maximum atomic E-state index is 6.14. The topological polar surface area (TPSA) is 55.3 Å². The number of methoxy groups -OCH3 is 1. The molecule has 3 fully saturated rings. The average molecular weight is 509 g/mol. The van der Waals surface area contributed by atoms with Crippen LogP contribution in [0.1, 0.15) is 57.8 Å². The average Bonchev–Trinajstić information content (AvgIpc) is 2.69. The molecule has 0 aromatic rings. The lowest BCUT2D eigenvalue weighted by Gasteiger charge is -2.43. The summed E-state index contributed by atoms with van der Waals surface area (Å²) < 4.78 is 17.2. The molecule has 6 nitrogen and oxygen atoms in total. The number of piperidine rings is 1. The molecule has 0 amide bonds. The van der Waals surface area contributed by atoms with Crippen molar-refractivity contribution in [1.82, 2.24) is 10.2 Å². The van der Waals surface area contributed by atoms with E-state index in [4.69, 9.17) is 14.2 Å². The van der Waals surface area contributed by atoms with Gasteiger partial charge in [0, 0.05) is 47.0 Å². The van der Waals surface area contributed by atoms with E-state index in [0.29, 0.717) is 17.6 Å². The Kier molecular flexibility index (Phi) is 10.8. The molecule has 7 heteroatoms. The Bertz CT molecular complexity index is 460. The molecule has 3 aliphatic rings. The second kappa shape index (κ2) is 12.5. The fourth-order valence-corrected chi connectivity index (χ4v) is 4.53. The molecular formula is C21H40IN3O3. The molecule has 1 N–H and O–H groups in total. The predicted molar refractivity (Wildman–Crippen MR) is 124 cm³/mol. The number of hydrogen-bond acceptors (Lipinski definition) is 4. The van der Waals surface area contributed by atoms with Crippen LogP contribution in [-0.2, 0) is 14.2 Å². The van der Waals surface area contributed by atoms with Gasteiger partial charge in [0.1, 0.15) is 0 Å². The van der Waals surface area contributed by atoms with Gasteiger partial charge in [0.25, 0.3) is 0 Å². The van der Waals surface area contributed by atoms with E-state index in [1.165, 1.54) is 32.1 Å². The Morgan fingerprint density at radius 1 is 1.18 bits per heavy atom. The van der Waals surface area contributed by atoms with Crippen molar-refractivity contribution in [2.24, 2.45) is 10.4 Å². The van der Waals surface area contributed by atoms with Crippen molar-refractivity contribution < 1.29 is 14.2 Å². The van der Waals surface area contributed by atoms with Crippen molar-refractivity contribution in [3.05, 3.63) is 0 Å². The molecule has 164 valence electrons. The van der Waals surface area contributed by atoms with Gasteiger partial charge in [-0.15, -0.1) is 24.0 Å². The van der Waals surface area contributed by atoms with Gasteiger partial charge in [-0.05, 0) is 56.8 Å². The van der Waals surface area contributed by atoms with Crippen LogP contribution in [0.25, 0.3) is 0 Å². The predicted octanol–water partition coefficient (Wildman–Crippen LogP) is 3.44. The summed E-state index contributed by atoms with van der Waals surface area (Å²) in [6.45, 7) is 5.56. The Morgan fingerprint density at radius 2 is 1.96 bits per heavy atom. The maximum Gasteiger partial charge on any atom is 0.193 e. The number of hydrogen-bond donors (Lipinski definition) is 1. The minimum absolute atomic E-state index is 0. The van der Waals surface area contributed by atoms with E-state index < -0.39 is 0 Å². The zero-order valence-electron chi connectivity index (χ0n) is 17.8. The molecule has 28 heavy (non-hydrogen) atoms. The summed E-state index contributed by atoms with van der Waals surface area (Å²) in [6.07, 6.45) is 11.6. The molecule has 1 aliphatic carbocycles. The second-order valence-electron chi connectivity index (χ2n) is 8.51. The number of halogens is 1. The first-order chi connectivity index (χ1) is 13.2. The van der Waals surface area contributed by atoms with E-state index in [1.807, 2.05) is 7.05 Å². The van der Waals surface area contributed by atoms with E-state index in [-0.39, 0.29) is 24.0 Å². The number of nitrogens with one attached hydrogen (secondary N) is 1. The normalized spacial score (nSPS) is 25.7. The summed E-state index contributed by atoms with van der Waals surface area (Å²) in [4.78, 5) is 6.93. The smallest absolute Gasteiger partial charge is 0.193 e. The number of nitrogens with zero attached hydrogens (tertiary/aromatic N) is 2. The lowest BCUT2D eigenvalue weighted by molar-refractivity contribution is -0.0721. The monoisotopic (exact) mass is 509 g/mol. The largest absolute Gasteiger partial charge is 0.385 e. The third kappa shape index (κ3) is 6.99. The summed E-state index contributed by atoms with van der Waals surface area (Å²) in [5.41, 5.74) is 0.410. The maximum absolute atomic E-state index is 6.14. The van der Waals surface area contributed by atoms with Gasteiger partial charge in [-0.2, -0.15) is 0 Å². The first-order valence-electron chi connectivity index (χ1n) is 10.9. The number of guanidine groups is 1. The molecule has 2 aliphatic heterocycles. The zero-order valence-corrected chi connectivity index (χ0v) is 20.1. The van der Waals surface area contributed by atoms with E-state index in [2.05, 4.69) is 15.2 Å². The molecule has 1 unspecified atom stereocenters. The molecule has 1 saturated carbocycles. The van der Waals surface area contributed by atoms with Gasteiger partial charge in [0.2, 0.25) is 0 Å². The summed E-state index contributed by atoms with van der Waals surface area (Å²) in [6, 6.07) is 0. The first kappa shape index (κ1) is 24.2. The molecule has 2 saturated heterocycles. The van der Waals surface area contributed by atoms with E-state index >= 15 is 0 Å². The van der Waals surface area contributed by atoms with Gasteiger partial charge in [0.05, 0.1) is 18.8 Å². The van der Waals surface area contributed by atoms with Gasteiger partial charge < -0.3 is 24.4 Å². The van der Waals surface area contributed by atoms with Crippen LogP contribution in [0.15, 0.2) is 4.99 Å². The van der Waals surface area contributed by atoms with Gasteiger partial charge >= 0.3 is 0 Å². The van der Waals surface area contributed by atoms with Crippen molar-refractivity contribution in [2.75, 3.05) is 53.6 Å². The Labute approximate surface area is 188 Å². The summed E-state index contributed by atoms with van der Waals surface area (Å²) >= 11 is 0. The molecule has 0 spiro atoms. The van der Waals surface area contributed by atoms with Gasteiger partial charge in [0.15, 0.2) is 5.96 Å². The van der Waals surface area contributed by atoms with Crippen molar-refractivity contribution in [3.8, 4) is 0 Å². The molecule has 0 aromatic carbocycles. The van der Waals surface area contributed by atoms with E-state index in [9.17, 15) is 0 Å². The number of ether oxygens (including phenoxy) is 3. The Hall–Kier alpha value is -0.120. The standard InChI is InChI=1S/C21H39N3O3.HI/c1-22-20(23-17-21(9-5-10-21)11-15-25-2)24-12-7-18(8-13-24)27-16-19-6-3-4-14-26-19;/h18-19H,3-17H2,1-2H3,(H,22,23);1H. The quantitative estimate of drug-likeness (QED) is 0.309. The van der Waals surface area contributed by atoms with Gasteiger partial charge in [-0.1, -0.05) is 6.42 Å². The number of rotatable bonds is 8. The summed E-state index contributed by atoms with van der Waals surface area (Å²) in [7, 11) is 3.69. The highest BCUT2D eigenvalue weighted by atomic mass is 127. The third-order valence-corrected chi connectivity index (χ3v) is 6.62. The first-order valence-corrected chi connectivity index (χ1v) is 10.9. The van der Waals surface area contributed by atoms with Gasteiger partial charge in [-0.25, -0.2) is 0 Å². The molecular weight excluding hydrogens is 469 g/mol. The van der Waals surface area contributed by atoms with Crippen molar-refractivity contribution in [1.29, 1.82) is 0 Å². The SMILES string of the molecule is CN=C(NCC1(CCOC)CCC1)N1CCC(OCC2CCCCO2)CC1.I. The lowest BCUT2D eigenvalue weighted by Crippen LogP contribution is -2.51. The van der Waals surface area contributed by atoms with Crippen LogP contribution in [-0.4, -0.2) is 76.7 Å². The Morgan fingerprint density at radius 3 is 2.54 bits per heavy atom.